The number of carbonyl (C=O) groups is 3. The molecule has 0 spiro atoms. The lowest BCUT2D eigenvalue weighted by Crippen LogP contribution is -2.37. The van der Waals surface area contributed by atoms with E-state index in [0.29, 0.717) is 17.9 Å². The third-order valence-corrected chi connectivity index (χ3v) is 5.13. The molecule has 0 bridgehead atoms. The molecule has 1 N–H and O–H groups in total. The van der Waals surface area contributed by atoms with Gasteiger partial charge in [-0.2, -0.15) is 0 Å². The Kier molecular flexibility index (Phi) is 6.16. The first kappa shape index (κ1) is 19.4. The van der Waals surface area contributed by atoms with Gasteiger partial charge >= 0.3 is 5.97 Å². The van der Waals surface area contributed by atoms with E-state index >= 15 is 0 Å². The zero-order valence-electron chi connectivity index (χ0n) is 15.3. The largest absolute Gasteiger partial charge is 0.462 e. The minimum atomic E-state index is -0.554. The molecule has 0 radical (unpaired) electrons. The lowest BCUT2D eigenvalue weighted by Gasteiger charge is -2.24. The summed E-state index contributed by atoms with van der Waals surface area (Å²) in [6.45, 7) is 2.26. The first-order valence-electron chi connectivity index (χ1n) is 9.35. The van der Waals surface area contributed by atoms with Crippen molar-refractivity contribution in [3.05, 3.63) is 40.6 Å². The van der Waals surface area contributed by atoms with Gasteiger partial charge in [0.05, 0.1) is 17.9 Å². The van der Waals surface area contributed by atoms with E-state index < -0.39 is 17.8 Å². The van der Waals surface area contributed by atoms with Gasteiger partial charge in [0.1, 0.15) is 10.7 Å². The van der Waals surface area contributed by atoms with Crippen molar-refractivity contribution < 1.29 is 19.1 Å². The van der Waals surface area contributed by atoms with Crippen LogP contribution < -0.4 is 10.2 Å². The summed E-state index contributed by atoms with van der Waals surface area (Å²) in [5.41, 5.74) is 0.904. The minimum absolute atomic E-state index is 0.0861. The lowest BCUT2D eigenvalue weighted by atomic mass is 9.95. The van der Waals surface area contributed by atoms with E-state index in [9.17, 15) is 14.4 Å². The molecule has 1 aromatic rings. The maximum Gasteiger partial charge on any atom is 0.338 e. The fraction of sp³-hybridized carbons (Fsp3) is 0.450. The van der Waals surface area contributed by atoms with Crippen molar-refractivity contribution in [3.8, 4) is 0 Å². The molecule has 1 aromatic carbocycles. The van der Waals surface area contributed by atoms with Gasteiger partial charge in [0.15, 0.2) is 0 Å². The van der Waals surface area contributed by atoms with Crippen molar-refractivity contribution in [1.82, 2.24) is 5.32 Å². The molecule has 1 fully saturated rings. The van der Waals surface area contributed by atoms with Gasteiger partial charge < -0.3 is 10.1 Å². The Balaban J connectivity index is 1.73. The van der Waals surface area contributed by atoms with Crippen LogP contribution in [0.3, 0.4) is 0 Å². The Hall–Kier alpha value is -2.34. The molecule has 0 saturated heterocycles. The number of halogens is 1. The van der Waals surface area contributed by atoms with E-state index in [1.54, 1.807) is 12.1 Å². The molecule has 0 atom stereocenters. The van der Waals surface area contributed by atoms with Crippen molar-refractivity contribution in [2.75, 3.05) is 11.5 Å². The number of imide groups is 1. The second kappa shape index (κ2) is 8.57. The van der Waals surface area contributed by atoms with Crippen LogP contribution in [0.5, 0.6) is 0 Å². The summed E-state index contributed by atoms with van der Waals surface area (Å²) < 4.78 is 5.08. The van der Waals surface area contributed by atoms with Gasteiger partial charge in [-0.1, -0.05) is 37.8 Å². The highest BCUT2D eigenvalue weighted by Gasteiger charge is 2.39. The molecule has 1 aliphatic heterocycles. The summed E-state index contributed by atoms with van der Waals surface area (Å²) in [6.07, 6.45) is 6.06. The number of anilines is 1. The summed E-state index contributed by atoms with van der Waals surface area (Å²) in [6, 6.07) is 6.33. The maximum absolute atomic E-state index is 12.8. The quantitative estimate of drug-likeness (QED) is 0.594. The number of rotatable bonds is 6. The van der Waals surface area contributed by atoms with Crippen LogP contribution in [0.1, 0.15) is 55.8 Å². The monoisotopic (exact) mass is 390 g/mol. The second-order valence-corrected chi connectivity index (χ2v) is 7.17. The number of amides is 2. The van der Waals surface area contributed by atoms with Gasteiger partial charge in [0, 0.05) is 6.04 Å². The highest BCUT2D eigenvalue weighted by atomic mass is 35.5. The smallest absolute Gasteiger partial charge is 0.338 e. The molecule has 6 nitrogen and oxygen atoms in total. The fourth-order valence-electron chi connectivity index (χ4n) is 3.34. The predicted molar refractivity (Wildman–Crippen MR) is 102 cm³/mol. The zero-order valence-corrected chi connectivity index (χ0v) is 16.1. The summed E-state index contributed by atoms with van der Waals surface area (Å²) >= 11 is 6.16. The highest BCUT2D eigenvalue weighted by molar-refractivity contribution is 6.52. The Labute approximate surface area is 163 Å². The van der Waals surface area contributed by atoms with Crippen LogP contribution in [-0.2, 0) is 14.3 Å². The molecule has 2 amide bonds. The molecule has 144 valence electrons. The summed E-state index contributed by atoms with van der Waals surface area (Å²) in [4.78, 5) is 38.2. The van der Waals surface area contributed by atoms with Gasteiger partial charge in [-0.25, -0.2) is 9.69 Å². The topological polar surface area (TPSA) is 75.7 Å². The Morgan fingerprint density at radius 2 is 1.81 bits per heavy atom. The van der Waals surface area contributed by atoms with Gasteiger partial charge in [0.25, 0.3) is 11.8 Å². The van der Waals surface area contributed by atoms with Crippen molar-refractivity contribution in [3.63, 3.8) is 0 Å². The van der Waals surface area contributed by atoms with Crippen LogP contribution in [0.2, 0.25) is 0 Å². The van der Waals surface area contributed by atoms with Crippen LogP contribution >= 0.6 is 11.6 Å². The number of nitrogens with zero attached hydrogens (tertiary/aromatic N) is 1. The van der Waals surface area contributed by atoms with Gasteiger partial charge in [0.2, 0.25) is 0 Å². The van der Waals surface area contributed by atoms with Crippen LogP contribution in [0.4, 0.5) is 5.69 Å². The first-order chi connectivity index (χ1) is 13.0. The zero-order chi connectivity index (χ0) is 19.4. The molecular weight excluding hydrogens is 368 g/mol. The van der Waals surface area contributed by atoms with E-state index in [-0.39, 0.29) is 16.8 Å². The standard InChI is InChI=1S/C20H23ClN2O4/c1-2-12-27-20(26)13-8-10-15(11-9-13)23-18(24)16(21)17(19(23)25)22-14-6-4-3-5-7-14/h8-11,14,22H,2-7,12H2,1H3. The van der Waals surface area contributed by atoms with E-state index in [4.69, 9.17) is 16.3 Å². The highest BCUT2D eigenvalue weighted by Crippen LogP contribution is 2.30. The average Bonchev–Trinajstić information content (AvgIpc) is 2.90. The summed E-state index contributed by atoms with van der Waals surface area (Å²) in [5.74, 6) is -1.45. The SMILES string of the molecule is CCCOC(=O)c1ccc(N2C(=O)C(Cl)=C(NC3CCCCC3)C2=O)cc1. The number of ether oxygens (including phenoxy) is 1. The third kappa shape index (κ3) is 4.16. The van der Waals surface area contributed by atoms with Crippen LogP contribution in [0.25, 0.3) is 0 Å². The van der Waals surface area contributed by atoms with Gasteiger partial charge in [-0.05, 0) is 43.5 Å². The Morgan fingerprint density at radius 1 is 1.15 bits per heavy atom. The van der Waals surface area contributed by atoms with E-state index in [0.717, 1.165) is 37.0 Å². The molecule has 0 unspecified atom stereocenters. The van der Waals surface area contributed by atoms with Crippen LogP contribution in [-0.4, -0.2) is 30.4 Å². The van der Waals surface area contributed by atoms with Crippen LogP contribution in [0.15, 0.2) is 35.0 Å². The second-order valence-electron chi connectivity index (χ2n) is 6.80. The number of nitrogens with one attached hydrogen (secondary N) is 1. The van der Waals surface area contributed by atoms with E-state index in [1.807, 2.05) is 6.92 Å². The maximum atomic E-state index is 12.8. The molecule has 7 heteroatoms. The average molecular weight is 391 g/mol. The normalized spacial score (nSPS) is 18.2. The molecule has 1 heterocycles. The Bertz CT molecular complexity index is 767. The van der Waals surface area contributed by atoms with Crippen molar-refractivity contribution in [1.29, 1.82) is 0 Å². The number of esters is 1. The minimum Gasteiger partial charge on any atom is -0.462 e. The number of hydrogen-bond donors (Lipinski definition) is 1. The molecule has 3 rings (SSSR count). The fourth-order valence-corrected chi connectivity index (χ4v) is 3.56. The molecular formula is C20H23ClN2O4. The predicted octanol–water partition coefficient (Wildman–Crippen LogP) is 3.50. The molecule has 1 aliphatic carbocycles. The molecule has 1 saturated carbocycles. The van der Waals surface area contributed by atoms with Gasteiger partial charge in [-0.15, -0.1) is 0 Å². The lowest BCUT2D eigenvalue weighted by molar-refractivity contribution is -0.120. The summed E-state index contributed by atoms with van der Waals surface area (Å²) in [5, 5.41) is 3.08. The van der Waals surface area contributed by atoms with Gasteiger partial charge in [-0.3, -0.25) is 9.59 Å². The van der Waals surface area contributed by atoms with Crippen molar-refractivity contribution in [2.24, 2.45) is 0 Å². The number of hydrogen-bond acceptors (Lipinski definition) is 5. The Morgan fingerprint density at radius 3 is 2.44 bits per heavy atom. The number of carbonyl (C=O) groups excluding carboxylic acids is 3. The van der Waals surface area contributed by atoms with E-state index in [2.05, 4.69) is 5.32 Å². The van der Waals surface area contributed by atoms with E-state index in [1.165, 1.54) is 18.6 Å². The van der Waals surface area contributed by atoms with Crippen molar-refractivity contribution in [2.45, 2.75) is 51.5 Å². The third-order valence-electron chi connectivity index (χ3n) is 4.78. The first-order valence-corrected chi connectivity index (χ1v) is 9.73. The van der Waals surface area contributed by atoms with Crippen LogP contribution in [0, 0.1) is 0 Å². The molecule has 27 heavy (non-hydrogen) atoms. The summed E-state index contributed by atoms with van der Waals surface area (Å²) in [7, 11) is 0. The molecule has 0 aromatic heterocycles. The van der Waals surface area contributed by atoms with Crippen molar-refractivity contribution >= 4 is 35.1 Å². The number of benzene rings is 1. The molecule has 2 aliphatic rings.